The van der Waals surface area contributed by atoms with Gasteiger partial charge in [-0.05, 0) is 17.2 Å². The first-order valence-electron chi connectivity index (χ1n) is 10.3. The highest BCUT2D eigenvalue weighted by molar-refractivity contribution is 7.98. The Morgan fingerprint density at radius 3 is 2.58 bits per heavy atom. The Labute approximate surface area is 186 Å². The van der Waals surface area contributed by atoms with Crippen molar-refractivity contribution >= 4 is 17.7 Å². The van der Waals surface area contributed by atoms with Crippen molar-refractivity contribution < 1.29 is 14.3 Å². The van der Waals surface area contributed by atoms with Gasteiger partial charge in [0.2, 0.25) is 0 Å². The van der Waals surface area contributed by atoms with Crippen LogP contribution in [0.25, 0.3) is 0 Å². The van der Waals surface area contributed by atoms with E-state index in [1.54, 1.807) is 18.9 Å². The third-order valence-electron chi connectivity index (χ3n) is 5.15. The molecule has 1 fully saturated rings. The average molecular weight is 439 g/mol. The van der Waals surface area contributed by atoms with E-state index in [4.69, 9.17) is 9.47 Å². The molecule has 1 amide bonds. The maximum atomic E-state index is 13.0. The highest BCUT2D eigenvalue weighted by Crippen LogP contribution is 2.26. The number of hydrogen-bond acceptors (Lipinski definition) is 6. The first kappa shape index (κ1) is 21.5. The molecule has 31 heavy (non-hydrogen) atoms. The quantitative estimate of drug-likeness (QED) is 0.503. The first-order chi connectivity index (χ1) is 15.3. The van der Waals surface area contributed by atoms with Crippen molar-refractivity contribution in [2.75, 3.05) is 33.4 Å². The maximum Gasteiger partial charge on any atom is 0.254 e. The molecule has 4 rings (SSSR count). The van der Waals surface area contributed by atoms with Crippen molar-refractivity contribution in [3.63, 3.8) is 0 Å². The number of rotatable bonds is 8. The molecule has 1 aliphatic rings. The molecule has 3 aromatic rings. The van der Waals surface area contributed by atoms with Crippen molar-refractivity contribution in [2.45, 2.75) is 24.1 Å². The van der Waals surface area contributed by atoms with Gasteiger partial charge in [0.15, 0.2) is 11.0 Å². The highest BCUT2D eigenvalue weighted by Gasteiger charge is 2.21. The second-order valence-corrected chi connectivity index (χ2v) is 8.20. The molecule has 1 aromatic heterocycles. The third-order valence-corrected chi connectivity index (χ3v) is 6.17. The Morgan fingerprint density at radius 1 is 1.06 bits per heavy atom. The van der Waals surface area contributed by atoms with E-state index in [-0.39, 0.29) is 5.91 Å². The smallest absolute Gasteiger partial charge is 0.254 e. The summed E-state index contributed by atoms with van der Waals surface area (Å²) in [7, 11) is 1.65. The van der Waals surface area contributed by atoms with Crippen LogP contribution in [0.15, 0.2) is 59.8 Å². The number of carbonyl (C=O) groups excluding carboxylic acids is 1. The Morgan fingerprint density at radius 2 is 1.81 bits per heavy atom. The van der Waals surface area contributed by atoms with Crippen LogP contribution in [0.5, 0.6) is 0 Å². The van der Waals surface area contributed by atoms with Gasteiger partial charge in [-0.25, -0.2) is 0 Å². The fourth-order valence-electron chi connectivity index (χ4n) is 3.52. The van der Waals surface area contributed by atoms with Gasteiger partial charge in [-0.15, -0.1) is 10.2 Å². The minimum Gasteiger partial charge on any atom is -0.378 e. The second kappa shape index (κ2) is 10.6. The lowest BCUT2D eigenvalue weighted by Crippen LogP contribution is -2.41. The van der Waals surface area contributed by atoms with Crippen LogP contribution in [0.3, 0.4) is 0 Å². The zero-order valence-electron chi connectivity index (χ0n) is 17.6. The van der Waals surface area contributed by atoms with Gasteiger partial charge in [0, 0.05) is 31.5 Å². The fraction of sp³-hybridized carbons (Fsp3) is 0.348. The summed E-state index contributed by atoms with van der Waals surface area (Å²) in [5, 5.41) is 9.53. The first-order valence-corrected chi connectivity index (χ1v) is 11.3. The summed E-state index contributed by atoms with van der Waals surface area (Å²) in [6, 6.07) is 18.0. The van der Waals surface area contributed by atoms with E-state index in [9.17, 15) is 4.79 Å². The molecule has 0 radical (unpaired) electrons. The standard InChI is InChI=1S/C23H26N4O3S/c1-29-16-21-24-25-23(27(21)15-18-7-3-2-4-8-18)31-17-19-9-5-6-10-20(19)22(28)26-11-13-30-14-12-26/h2-10H,11-17H2,1H3. The van der Waals surface area contributed by atoms with Crippen LogP contribution in [0.4, 0.5) is 0 Å². The summed E-state index contributed by atoms with van der Waals surface area (Å²) in [5.41, 5.74) is 2.90. The molecule has 0 N–H and O–H groups in total. The SMILES string of the molecule is COCc1nnc(SCc2ccccc2C(=O)N2CCOCC2)n1Cc1ccccc1. The molecule has 8 heteroatoms. The number of methoxy groups -OCH3 is 1. The summed E-state index contributed by atoms with van der Waals surface area (Å²) >= 11 is 1.58. The molecule has 0 spiro atoms. The van der Waals surface area contributed by atoms with E-state index in [2.05, 4.69) is 26.9 Å². The lowest BCUT2D eigenvalue weighted by atomic mass is 10.1. The molecule has 1 saturated heterocycles. The van der Waals surface area contributed by atoms with Gasteiger partial charge in [-0.1, -0.05) is 60.3 Å². The van der Waals surface area contributed by atoms with Crippen LogP contribution < -0.4 is 0 Å². The van der Waals surface area contributed by atoms with Crippen molar-refractivity contribution in [1.82, 2.24) is 19.7 Å². The van der Waals surface area contributed by atoms with Crippen LogP contribution in [-0.2, 0) is 28.4 Å². The number of aromatic nitrogens is 3. The molecule has 0 aliphatic carbocycles. The number of nitrogens with zero attached hydrogens (tertiary/aromatic N) is 4. The molecule has 7 nitrogen and oxygen atoms in total. The lowest BCUT2D eigenvalue weighted by Gasteiger charge is -2.27. The van der Waals surface area contributed by atoms with Crippen molar-refractivity contribution in [3.05, 3.63) is 77.1 Å². The summed E-state index contributed by atoms with van der Waals surface area (Å²) in [4.78, 5) is 14.9. The Bertz CT molecular complexity index is 1000. The van der Waals surface area contributed by atoms with Crippen LogP contribution >= 0.6 is 11.8 Å². The lowest BCUT2D eigenvalue weighted by molar-refractivity contribution is 0.0302. The topological polar surface area (TPSA) is 69.5 Å². The average Bonchev–Trinajstić information content (AvgIpc) is 3.20. The van der Waals surface area contributed by atoms with Gasteiger partial charge >= 0.3 is 0 Å². The summed E-state index contributed by atoms with van der Waals surface area (Å²) in [6.45, 7) is 3.51. The number of thioether (sulfide) groups is 1. The van der Waals surface area contributed by atoms with E-state index in [1.165, 1.54) is 5.56 Å². The normalized spacial score (nSPS) is 14.0. The molecule has 0 bridgehead atoms. The van der Waals surface area contributed by atoms with E-state index < -0.39 is 0 Å². The Kier molecular flexibility index (Phi) is 7.35. The van der Waals surface area contributed by atoms with E-state index in [1.807, 2.05) is 47.4 Å². The van der Waals surface area contributed by atoms with Gasteiger partial charge in [0.1, 0.15) is 6.61 Å². The van der Waals surface area contributed by atoms with Gasteiger partial charge in [-0.3, -0.25) is 9.36 Å². The monoisotopic (exact) mass is 438 g/mol. The predicted molar refractivity (Wildman–Crippen MR) is 119 cm³/mol. The molecular weight excluding hydrogens is 412 g/mol. The summed E-state index contributed by atoms with van der Waals surface area (Å²) < 4.78 is 12.8. The van der Waals surface area contributed by atoms with Crippen LogP contribution in [0.2, 0.25) is 0 Å². The zero-order chi connectivity index (χ0) is 21.5. The zero-order valence-corrected chi connectivity index (χ0v) is 18.4. The van der Waals surface area contributed by atoms with Crippen LogP contribution in [-0.4, -0.2) is 59.0 Å². The van der Waals surface area contributed by atoms with Gasteiger partial charge < -0.3 is 14.4 Å². The molecule has 0 saturated carbocycles. The molecule has 2 heterocycles. The number of hydrogen-bond donors (Lipinski definition) is 0. The molecule has 0 atom stereocenters. The van der Waals surface area contributed by atoms with Crippen molar-refractivity contribution in [1.29, 1.82) is 0 Å². The van der Waals surface area contributed by atoms with Gasteiger partial charge in [0.05, 0.1) is 19.8 Å². The Balaban J connectivity index is 1.52. The minimum atomic E-state index is 0.0605. The third kappa shape index (κ3) is 5.33. The number of carbonyl (C=O) groups is 1. The van der Waals surface area contributed by atoms with Gasteiger partial charge in [0.25, 0.3) is 5.91 Å². The molecule has 1 aliphatic heterocycles. The number of morpholine rings is 1. The molecule has 2 aromatic carbocycles. The van der Waals surface area contributed by atoms with E-state index in [0.29, 0.717) is 45.2 Å². The largest absolute Gasteiger partial charge is 0.378 e. The van der Waals surface area contributed by atoms with Crippen LogP contribution in [0, 0.1) is 0 Å². The van der Waals surface area contributed by atoms with E-state index >= 15 is 0 Å². The summed E-state index contributed by atoms with van der Waals surface area (Å²) in [5.74, 6) is 1.48. The van der Waals surface area contributed by atoms with Crippen molar-refractivity contribution in [2.24, 2.45) is 0 Å². The van der Waals surface area contributed by atoms with Crippen LogP contribution in [0.1, 0.15) is 27.3 Å². The number of benzene rings is 2. The van der Waals surface area contributed by atoms with Crippen molar-refractivity contribution in [3.8, 4) is 0 Å². The molecule has 0 unspecified atom stereocenters. The second-order valence-electron chi connectivity index (χ2n) is 7.25. The summed E-state index contributed by atoms with van der Waals surface area (Å²) in [6.07, 6.45) is 0. The van der Waals surface area contributed by atoms with Gasteiger partial charge in [-0.2, -0.15) is 0 Å². The minimum absolute atomic E-state index is 0.0605. The Hall–Kier alpha value is -2.68. The van der Waals surface area contributed by atoms with E-state index in [0.717, 1.165) is 22.1 Å². The molecule has 162 valence electrons. The number of ether oxygens (including phenoxy) is 2. The maximum absolute atomic E-state index is 13.0. The fourth-order valence-corrected chi connectivity index (χ4v) is 4.48. The highest BCUT2D eigenvalue weighted by atomic mass is 32.2. The molecular formula is C23H26N4O3S. The predicted octanol–water partition coefficient (Wildman–Crippen LogP) is 3.24. The number of amides is 1.